The van der Waals surface area contributed by atoms with E-state index in [2.05, 4.69) is 5.16 Å². The fraction of sp³-hybridized carbons (Fsp3) is 0.0714. The monoisotopic (exact) mass is 242 g/mol. The molecule has 2 rings (SSSR count). The highest BCUT2D eigenvalue weighted by molar-refractivity contribution is 5.99. The molecule has 0 atom stereocenters. The minimum Gasteiger partial charge on any atom is -0.457 e. The molecule has 0 aliphatic rings. The third-order valence-electron chi connectivity index (χ3n) is 2.49. The topological polar surface area (TPSA) is 67.8 Å². The summed E-state index contributed by atoms with van der Waals surface area (Å²) in [4.78, 5) is 0. The van der Waals surface area contributed by atoms with E-state index in [9.17, 15) is 0 Å². The Morgan fingerprint density at radius 1 is 1.17 bits per heavy atom. The average Bonchev–Trinajstić information content (AvgIpc) is 2.41. The Balaban J connectivity index is 2.39. The first-order valence-electron chi connectivity index (χ1n) is 5.52. The van der Waals surface area contributed by atoms with E-state index < -0.39 is 0 Å². The number of benzene rings is 2. The van der Waals surface area contributed by atoms with Gasteiger partial charge >= 0.3 is 0 Å². The first-order chi connectivity index (χ1) is 8.70. The van der Waals surface area contributed by atoms with Gasteiger partial charge in [-0.1, -0.05) is 35.0 Å². The summed E-state index contributed by atoms with van der Waals surface area (Å²) >= 11 is 0. The van der Waals surface area contributed by atoms with Crippen molar-refractivity contribution in [2.45, 2.75) is 6.92 Å². The molecule has 0 spiro atoms. The molecule has 0 saturated heterocycles. The predicted molar refractivity (Wildman–Crippen MR) is 70.2 cm³/mol. The Kier molecular flexibility index (Phi) is 3.48. The maximum Gasteiger partial charge on any atom is 0.173 e. The molecule has 0 fully saturated rings. The van der Waals surface area contributed by atoms with Crippen LogP contribution in [-0.2, 0) is 0 Å². The van der Waals surface area contributed by atoms with Crippen LogP contribution in [0.25, 0.3) is 0 Å². The number of oxime groups is 1. The Labute approximate surface area is 105 Å². The van der Waals surface area contributed by atoms with Crippen LogP contribution >= 0.6 is 0 Å². The zero-order chi connectivity index (χ0) is 13.0. The Morgan fingerprint density at radius 3 is 2.56 bits per heavy atom. The SMILES string of the molecule is Cc1ccc(Oc2ccccc2)c(/C(N)=N/O)c1. The smallest absolute Gasteiger partial charge is 0.173 e. The molecule has 0 aliphatic heterocycles. The number of aryl methyl sites for hydroxylation is 1. The van der Waals surface area contributed by atoms with Crippen LogP contribution in [-0.4, -0.2) is 11.0 Å². The Bertz CT molecular complexity index is 565. The van der Waals surface area contributed by atoms with E-state index in [1.807, 2.05) is 49.4 Å². The maximum atomic E-state index is 8.78. The van der Waals surface area contributed by atoms with E-state index in [1.54, 1.807) is 6.07 Å². The van der Waals surface area contributed by atoms with E-state index in [0.29, 0.717) is 17.1 Å². The summed E-state index contributed by atoms with van der Waals surface area (Å²) in [7, 11) is 0. The maximum absolute atomic E-state index is 8.78. The Morgan fingerprint density at radius 2 is 1.89 bits per heavy atom. The van der Waals surface area contributed by atoms with Gasteiger partial charge in [-0.2, -0.15) is 0 Å². The number of amidine groups is 1. The summed E-state index contributed by atoms with van der Waals surface area (Å²) < 4.78 is 5.72. The van der Waals surface area contributed by atoms with Crippen molar-refractivity contribution in [3.63, 3.8) is 0 Å². The minimum absolute atomic E-state index is 0.0321. The number of nitrogens with two attached hydrogens (primary N) is 1. The van der Waals surface area contributed by atoms with Crippen molar-refractivity contribution in [2.24, 2.45) is 10.9 Å². The van der Waals surface area contributed by atoms with Gasteiger partial charge < -0.3 is 15.7 Å². The van der Waals surface area contributed by atoms with E-state index >= 15 is 0 Å². The minimum atomic E-state index is 0.0321. The van der Waals surface area contributed by atoms with Gasteiger partial charge in [0.05, 0.1) is 5.56 Å². The highest BCUT2D eigenvalue weighted by Gasteiger charge is 2.09. The third-order valence-corrected chi connectivity index (χ3v) is 2.49. The standard InChI is InChI=1S/C14H14N2O2/c1-10-7-8-13(12(9-10)14(15)16-17)18-11-5-3-2-4-6-11/h2-9,17H,1H3,(H2,15,16). The second-order valence-corrected chi connectivity index (χ2v) is 3.90. The summed E-state index contributed by atoms with van der Waals surface area (Å²) in [5.74, 6) is 1.29. The van der Waals surface area contributed by atoms with Crippen molar-refractivity contribution in [1.29, 1.82) is 0 Å². The van der Waals surface area contributed by atoms with Crippen LogP contribution in [0.5, 0.6) is 11.5 Å². The second-order valence-electron chi connectivity index (χ2n) is 3.90. The summed E-state index contributed by atoms with van der Waals surface area (Å²) in [5.41, 5.74) is 7.22. The summed E-state index contributed by atoms with van der Waals surface area (Å²) in [6, 6.07) is 14.9. The van der Waals surface area contributed by atoms with Crippen molar-refractivity contribution in [3.05, 3.63) is 59.7 Å². The molecule has 0 heterocycles. The van der Waals surface area contributed by atoms with E-state index in [-0.39, 0.29) is 5.84 Å². The third kappa shape index (κ3) is 2.60. The van der Waals surface area contributed by atoms with Crippen LogP contribution in [0, 0.1) is 6.92 Å². The molecule has 0 aliphatic carbocycles. The molecule has 92 valence electrons. The molecule has 18 heavy (non-hydrogen) atoms. The van der Waals surface area contributed by atoms with E-state index in [4.69, 9.17) is 15.7 Å². The quantitative estimate of drug-likeness (QED) is 0.376. The lowest BCUT2D eigenvalue weighted by molar-refractivity contribution is 0.318. The molecule has 0 unspecified atom stereocenters. The lowest BCUT2D eigenvalue weighted by Crippen LogP contribution is -2.14. The molecule has 0 bridgehead atoms. The normalized spacial score (nSPS) is 11.3. The molecular weight excluding hydrogens is 228 g/mol. The van der Waals surface area contributed by atoms with Gasteiger partial charge in [-0.05, 0) is 31.2 Å². The van der Waals surface area contributed by atoms with Crippen LogP contribution in [0.1, 0.15) is 11.1 Å². The van der Waals surface area contributed by atoms with Crippen LogP contribution in [0.4, 0.5) is 0 Å². The van der Waals surface area contributed by atoms with Gasteiger partial charge in [0, 0.05) is 0 Å². The molecule has 2 aromatic rings. The summed E-state index contributed by atoms with van der Waals surface area (Å²) in [6.45, 7) is 1.93. The van der Waals surface area contributed by atoms with Crippen molar-refractivity contribution in [3.8, 4) is 11.5 Å². The number of rotatable bonds is 3. The van der Waals surface area contributed by atoms with E-state index in [0.717, 1.165) is 5.56 Å². The molecule has 2 aromatic carbocycles. The van der Waals surface area contributed by atoms with Crippen LogP contribution in [0.2, 0.25) is 0 Å². The number of hydrogen-bond acceptors (Lipinski definition) is 3. The molecule has 4 heteroatoms. The molecule has 0 radical (unpaired) electrons. The van der Waals surface area contributed by atoms with Gasteiger partial charge in [0.1, 0.15) is 11.5 Å². The molecule has 0 saturated carbocycles. The molecule has 0 aromatic heterocycles. The van der Waals surface area contributed by atoms with E-state index in [1.165, 1.54) is 0 Å². The zero-order valence-electron chi connectivity index (χ0n) is 10.00. The fourth-order valence-electron chi connectivity index (χ4n) is 1.60. The number of ether oxygens (including phenoxy) is 1. The summed E-state index contributed by atoms with van der Waals surface area (Å²) in [6.07, 6.45) is 0. The first kappa shape index (κ1) is 12.0. The fourth-order valence-corrected chi connectivity index (χ4v) is 1.60. The summed E-state index contributed by atoms with van der Waals surface area (Å²) in [5, 5.41) is 11.8. The van der Waals surface area contributed by atoms with Crippen molar-refractivity contribution in [2.75, 3.05) is 0 Å². The van der Waals surface area contributed by atoms with Crippen LogP contribution < -0.4 is 10.5 Å². The first-order valence-corrected chi connectivity index (χ1v) is 5.52. The molecule has 0 amide bonds. The van der Waals surface area contributed by atoms with Gasteiger partial charge in [-0.15, -0.1) is 0 Å². The van der Waals surface area contributed by atoms with Gasteiger partial charge in [0.2, 0.25) is 0 Å². The number of para-hydroxylation sites is 1. The van der Waals surface area contributed by atoms with Crippen LogP contribution in [0.15, 0.2) is 53.7 Å². The number of hydrogen-bond donors (Lipinski definition) is 2. The Hall–Kier alpha value is -2.49. The lowest BCUT2D eigenvalue weighted by atomic mass is 10.1. The lowest BCUT2D eigenvalue weighted by Gasteiger charge is -2.10. The van der Waals surface area contributed by atoms with Gasteiger partial charge in [-0.3, -0.25) is 0 Å². The number of nitrogens with zero attached hydrogens (tertiary/aromatic N) is 1. The molecule has 4 nitrogen and oxygen atoms in total. The van der Waals surface area contributed by atoms with Crippen molar-refractivity contribution >= 4 is 5.84 Å². The highest BCUT2D eigenvalue weighted by Crippen LogP contribution is 2.25. The molecule has 3 N–H and O–H groups in total. The average molecular weight is 242 g/mol. The van der Waals surface area contributed by atoms with Crippen molar-refractivity contribution in [1.82, 2.24) is 0 Å². The highest BCUT2D eigenvalue weighted by atomic mass is 16.5. The largest absolute Gasteiger partial charge is 0.457 e. The second kappa shape index (κ2) is 5.23. The molecular formula is C14H14N2O2. The zero-order valence-corrected chi connectivity index (χ0v) is 10.00. The van der Waals surface area contributed by atoms with Crippen LogP contribution in [0.3, 0.4) is 0 Å². The van der Waals surface area contributed by atoms with Crippen molar-refractivity contribution < 1.29 is 9.94 Å². The van der Waals surface area contributed by atoms with Gasteiger partial charge in [0.25, 0.3) is 0 Å². The van der Waals surface area contributed by atoms with Gasteiger partial charge in [0.15, 0.2) is 5.84 Å². The predicted octanol–water partition coefficient (Wildman–Crippen LogP) is 2.88. The van der Waals surface area contributed by atoms with Gasteiger partial charge in [-0.25, -0.2) is 0 Å².